The summed E-state index contributed by atoms with van der Waals surface area (Å²) in [5.74, 6) is -1.46. The Morgan fingerprint density at radius 3 is 2.56 bits per heavy atom. The van der Waals surface area contributed by atoms with Crippen molar-refractivity contribution in [1.29, 1.82) is 0 Å². The van der Waals surface area contributed by atoms with Crippen molar-refractivity contribution < 1.29 is 24.4 Å². The molecule has 3 rings (SSSR count). The van der Waals surface area contributed by atoms with Gasteiger partial charge in [0.2, 0.25) is 0 Å². The van der Waals surface area contributed by atoms with Crippen LogP contribution >= 0.6 is 0 Å². The third-order valence-corrected chi connectivity index (χ3v) is 5.28. The number of amides is 1. The molecule has 1 aliphatic rings. The van der Waals surface area contributed by atoms with Crippen LogP contribution in [-0.4, -0.2) is 65.8 Å². The number of rotatable bonds is 8. The van der Waals surface area contributed by atoms with Crippen LogP contribution in [0, 0.1) is 10.1 Å². The molecule has 1 atom stereocenters. The van der Waals surface area contributed by atoms with E-state index in [2.05, 4.69) is 0 Å². The summed E-state index contributed by atoms with van der Waals surface area (Å²) in [6.45, 7) is 1.01. The van der Waals surface area contributed by atoms with Crippen molar-refractivity contribution in [1.82, 2.24) is 9.80 Å². The lowest BCUT2D eigenvalue weighted by atomic mass is 9.95. The van der Waals surface area contributed by atoms with Crippen LogP contribution in [0.15, 0.2) is 54.1 Å². The maximum atomic E-state index is 13.0. The summed E-state index contributed by atoms with van der Waals surface area (Å²) in [4.78, 5) is 39.9. The molecular formula is C23H25N3O6. The lowest BCUT2D eigenvalue weighted by molar-refractivity contribution is -0.384. The predicted molar refractivity (Wildman–Crippen MR) is 118 cm³/mol. The summed E-state index contributed by atoms with van der Waals surface area (Å²) >= 11 is 0. The summed E-state index contributed by atoms with van der Waals surface area (Å²) in [5.41, 5.74) is 0.361. The van der Waals surface area contributed by atoms with Gasteiger partial charge in [-0.05, 0) is 44.8 Å². The molecule has 9 nitrogen and oxygen atoms in total. The second-order valence-corrected chi connectivity index (χ2v) is 7.73. The highest BCUT2D eigenvalue weighted by molar-refractivity contribution is 6.46. The SMILES string of the molecule is COc1cccc(C2/C(=C(/O)c3cccc([N+](=O)[O-])c3)C(=O)C(=O)N2CCCN(C)C)c1. The summed E-state index contributed by atoms with van der Waals surface area (Å²) in [6.07, 6.45) is 0.622. The number of nitro benzene ring substituents is 1. The molecule has 1 saturated heterocycles. The van der Waals surface area contributed by atoms with Crippen LogP contribution in [0.2, 0.25) is 0 Å². The largest absolute Gasteiger partial charge is 0.507 e. The van der Waals surface area contributed by atoms with E-state index in [4.69, 9.17) is 4.74 Å². The highest BCUT2D eigenvalue weighted by Crippen LogP contribution is 2.40. The molecule has 32 heavy (non-hydrogen) atoms. The number of aliphatic hydroxyl groups excluding tert-OH is 1. The second kappa shape index (κ2) is 9.61. The molecule has 2 aromatic carbocycles. The molecule has 0 aliphatic carbocycles. The molecule has 0 saturated carbocycles. The fourth-order valence-electron chi connectivity index (χ4n) is 3.75. The normalized spacial score (nSPS) is 17.8. The molecule has 9 heteroatoms. The number of benzene rings is 2. The molecule has 1 N–H and O–H groups in total. The number of methoxy groups -OCH3 is 1. The molecule has 2 aromatic rings. The molecule has 1 fully saturated rings. The third kappa shape index (κ3) is 4.62. The molecule has 0 spiro atoms. The summed E-state index contributed by atoms with van der Waals surface area (Å²) in [7, 11) is 5.34. The Morgan fingerprint density at radius 2 is 1.91 bits per heavy atom. The molecular weight excluding hydrogens is 414 g/mol. The molecule has 0 bridgehead atoms. The van der Waals surface area contributed by atoms with Crippen molar-refractivity contribution in [2.45, 2.75) is 12.5 Å². The van der Waals surface area contributed by atoms with Gasteiger partial charge in [-0.2, -0.15) is 0 Å². The zero-order valence-electron chi connectivity index (χ0n) is 18.1. The third-order valence-electron chi connectivity index (χ3n) is 5.28. The average Bonchev–Trinajstić information content (AvgIpc) is 3.03. The number of nitrogens with zero attached hydrogens (tertiary/aromatic N) is 3. The lowest BCUT2D eigenvalue weighted by Gasteiger charge is -2.26. The van der Waals surface area contributed by atoms with Crippen molar-refractivity contribution in [3.8, 4) is 5.75 Å². The monoisotopic (exact) mass is 439 g/mol. The van der Waals surface area contributed by atoms with Crippen LogP contribution in [-0.2, 0) is 9.59 Å². The Morgan fingerprint density at radius 1 is 1.19 bits per heavy atom. The van der Waals surface area contributed by atoms with Crippen molar-refractivity contribution in [3.05, 3.63) is 75.3 Å². The smallest absolute Gasteiger partial charge is 0.295 e. The van der Waals surface area contributed by atoms with Gasteiger partial charge in [0.25, 0.3) is 17.4 Å². The minimum Gasteiger partial charge on any atom is -0.507 e. The Balaban J connectivity index is 2.14. The van der Waals surface area contributed by atoms with Gasteiger partial charge in [0.05, 0.1) is 23.6 Å². The number of hydrogen-bond acceptors (Lipinski definition) is 7. The fourth-order valence-corrected chi connectivity index (χ4v) is 3.75. The van der Waals surface area contributed by atoms with E-state index in [1.807, 2.05) is 19.0 Å². The Kier molecular flexibility index (Phi) is 6.89. The van der Waals surface area contributed by atoms with Gasteiger partial charge < -0.3 is 19.6 Å². The molecule has 1 unspecified atom stereocenters. The molecule has 0 radical (unpaired) electrons. The van der Waals surface area contributed by atoms with Crippen LogP contribution in [0.1, 0.15) is 23.6 Å². The number of ketones is 1. The van der Waals surface area contributed by atoms with Crippen LogP contribution in [0.25, 0.3) is 5.76 Å². The second-order valence-electron chi connectivity index (χ2n) is 7.73. The fraction of sp³-hybridized carbons (Fsp3) is 0.304. The number of ether oxygens (including phenoxy) is 1. The zero-order valence-corrected chi connectivity index (χ0v) is 18.1. The average molecular weight is 439 g/mol. The van der Waals surface area contributed by atoms with E-state index < -0.39 is 28.4 Å². The first-order valence-electron chi connectivity index (χ1n) is 10.1. The molecule has 1 heterocycles. The highest BCUT2D eigenvalue weighted by atomic mass is 16.6. The maximum absolute atomic E-state index is 13.0. The van der Waals surface area contributed by atoms with E-state index in [0.717, 1.165) is 0 Å². The Bertz CT molecular complexity index is 1080. The van der Waals surface area contributed by atoms with E-state index in [1.54, 1.807) is 24.3 Å². The van der Waals surface area contributed by atoms with Crippen molar-refractivity contribution in [2.75, 3.05) is 34.3 Å². The van der Waals surface area contributed by atoms with E-state index in [1.165, 1.54) is 36.3 Å². The number of aliphatic hydroxyl groups is 1. The van der Waals surface area contributed by atoms with Crippen molar-refractivity contribution in [3.63, 3.8) is 0 Å². The summed E-state index contributed by atoms with van der Waals surface area (Å²) in [6, 6.07) is 11.4. The first-order chi connectivity index (χ1) is 15.2. The number of hydrogen-bond donors (Lipinski definition) is 1. The standard InChI is InChI=1S/C23H25N3O6/c1-24(2)11-6-12-25-20(15-7-5-10-18(14-15)32-3)19(22(28)23(25)29)21(27)16-8-4-9-17(13-16)26(30)31/h4-5,7-10,13-14,20,27H,6,11-12H2,1-3H3/b21-19-. The van der Waals surface area contributed by atoms with Crippen LogP contribution in [0.5, 0.6) is 5.75 Å². The molecule has 168 valence electrons. The van der Waals surface area contributed by atoms with Crippen LogP contribution < -0.4 is 4.74 Å². The summed E-state index contributed by atoms with van der Waals surface area (Å²) in [5, 5.41) is 22.2. The van der Waals surface area contributed by atoms with Crippen molar-refractivity contribution >= 4 is 23.1 Å². The molecule has 0 aromatic heterocycles. The Labute approximate surface area is 185 Å². The topological polar surface area (TPSA) is 113 Å². The van der Waals surface area contributed by atoms with Gasteiger partial charge in [0.15, 0.2) is 0 Å². The number of non-ortho nitro benzene ring substituents is 1. The minimum absolute atomic E-state index is 0.0957. The number of carbonyl (C=O) groups excluding carboxylic acids is 2. The van der Waals surface area contributed by atoms with E-state index in [9.17, 15) is 24.8 Å². The van der Waals surface area contributed by atoms with Gasteiger partial charge in [-0.15, -0.1) is 0 Å². The van der Waals surface area contributed by atoms with Gasteiger partial charge >= 0.3 is 0 Å². The number of likely N-dealkylation sites (tertiary alicyclic amines) is 1. The van der Waals surface area contributed by atoms with Crippen LogP contribution in [0.3, 0.4) is 0 Å². The minimum atomic E-state index is -0.841. The van der Waals surface area contributed by atoms with E-state index in [-0.39, 0.29) is 16.8 Å². The van der Waals surface area contributed by atoms with Gasteiger partial charge in [0.1, 0.15) is 11.5 Å². The highest BCUT2D eigenvalue weighted by Gasteiger charge is 2.46. The Hall–Kier alpha value is -3.72. The van der Waals surface area contributed by atoms with Gasteiger partial charge in [-0.1, -0.05) is 24.3 Å². The maximum Gasteiger partial charge on any atom is 0.295 e. The van der Waals surface area contributed by atoms with Gasteiger partial charge in [0, 0.05) is 24.2 Å². The quantitative estimate of drug-likeness (QED) is 0.221. The van der Waals surface area contributed by atoms with E-state index in [0.29, 0.717) is 30.8 Å². The summed E-state index contributed by atoms with van der Waals surface area (Å²) < 4.78 is 5.29. The van der Waals surface area contributed by atoms with Gasteiger partial charge in [-0.3, -0.25) is 19.7 Å². The van der Waals surface area contributed by atoms with Crippen molar-refractivity contribution in [2.24, 2.45) is 0 Å². The van der Waals surface area contributed by atoms with Crippen LogP contribution in [0.4, 0.5) is 5.69 Å². The number of carbonyl (C=O) groups is 2. The first-order valence-corrected chi connectivity index (χ1v) is 10.1. The number of nitro groups is 1. The van der Waals surface area contributed by atoms with Gasteiger partial charge in [-0.25, -0.2) is 0 Å². The molecule has 1 amide bonds. The zero-order chi connectivity index (χ0) is 23.4. The molecule has 1 aliphatic heterocycles. The lowest BCUT2D eigenvalue weighted by Crippen LogP contribution is -2.32. The predicted octanol–water partition coefficient (Wildman–Crippen LogP) is 2.98. The first kappa shape index (κ1) is 23.0. The number of Topliss-reactive ketones (excluding diaryl/α,β-unsaturated/α-hetero) is 1. The van der Waals surface area contributed by atoms with E-state index >= 15 is 0 Å².